The van der Waals surface area contributed by atoms with Gasteiger partial charge >= 0.3 is 5.97 Å². The maximum atomic E-state index is 11.3. The average molecular weight is 283 g/mol. The molecule has 1 aromatic carbocycles. The van der Waals surface area contributed by atoms with Gasteiger partial charge < -0.3 is 20.3 Å². The number of esters is 1. The molecule has 0 aromatic heterocycles. The molecule has 3 N–H and O–H groups in total. The standard InChI is InChI=1S/C13H17NO4S/c1-4-18-11(15)6-5-8-12(16)10(17-2)7-9(14)13(8)19-3/h5-7,16H,4,14H2,1-3H3. The Balaban J connectivity index is 3.24. The molecule has 0 aliphatic carbocycles. The summed E-state index contributed by atoms with van der Waals surface area (Å²) in [5, 5.41) is 10.1. The van der Waals surface area contributed by atoms with Crippen molar-refractivity contribution >= 4 is 29.5 Å². The zero-order chi connectivity index (χ0) is 14.4. The zero-order valence-electron chi connectivity index (χ0n) is 11.1. The fourth-order valence-electron chi connectivity index (χ4n) is 1.55. The predicted molar refractivity (Wildman–Crippen MR) is 76.5 cm³/mol. The van der Waals surface area contributed by atoms with E-state index in [1.807, 2.05) is 6.26 Å². The quantitative estimate of drug-likeness (QED) is 0.284. The molecule has 0 saturated carbocycles. The molecule has 1 rings (SSSR count). The number of aromatic hydroxyl groups is 1. The third kappa shape index (κ3) is 3.57. The molecule has 0 radical (unpaired) electrons. The molecule has 6 heteroatoms. The van der Waals surface area contributed by atoms with Crippen molar-refractivity contribution in [3.05, 3.63) is 17.7 Å². The average Bonchev–Trinajstić information content (AvgIpc) is 2.39. The van der Waals surface area contributed by atoms with Crippen molar-refractivity contribution in [2.24, 2.45) is 0 Å². The summed E-state index contributed by atoms with van der Waals surface area (Å²) in [4.78, 5) is 12.0. The van der Waals surface area contributed by atoms with E-state index in [-0.39, 0.29) is 11.5 Å². The van der Waals surface area contributed by atoms with Crippen molar-refractivity contribution in [1.29, 1.82) is 0 Å². The number of phenolic OH excluding ortho intramolecular Hbond substituents is 1. The zero-order valence-corrected chi connectivity index (χ0v) is 11.9. The number of nitrogen functional groups attached to an aromatic ring is 1. The van der Waals surface area contributed by atoms with Gasteiger partial charge in [-0.1, -0.05) is 0 Å². The molecule has 0 atom stereocenters. The van der Waals surface area contributed by atoms with Crippen molar-refractivity contribution in [3.8, 4) is 11.5 Å². The van der Waals surface area contributed by atoms with E-state index in [0.29, 0.717) is 22.8 Å². The number of nitrogens with two attached hydrogens (primary N) is 1. The second-order valence-corrected chi connectivity index (χ2v) is 4.37. The summed E-state index contributed by atoms with van der Waals surface area (Å²) in [6.07, 6.45) is 4.55. The van der Waals surface area contributed by atoms with Crippen molar-refractivity contribution in [3.63, 3.8) is 0 Å². The van der Waals surface area contributed by atoms with Crippen LogP contribution in [0.5, 0.6) is 11.5 Å². The number of rotatable bonds is 5. The lowest BCUT2D eigenvalue weighted by Gasteiger charge is -2.12. The van der Waals surface area contributed by atoms with Gasteiger partial charge in [0.1, 0.15) is 0 Å². The Bertz CT molecular complexity index is 500. The maximum Gasteiger partial charge on any atom is 0.330 e. The summed E-state index contributed by atoms with van der Waals surface area (Å²) in [5.41, 5.74) is 6.80. The first-order chi connectivity index (χ1) is 9.04. The van der Waals surface area contributed by atoms with E-state index in [1.54, 1.807) is 13.0 Å². The highest BCUT2D eigenvalue weighted by atomic mass is 32.2. The van der Waals surface area contributed by atoms with E-state index in [1.165, 1.54) is 31.0 Å². The van der Waals surface area contributed by atoms with Crippen LogP contribution in [0.1, 0.15) is 12.5 Å². The first-order valence-corrected chi connectivity index (χ1v) is 6.85. The van der Waals surface area contributed by atoms with Crippen LogP contribution in [0.4, 0.5) is 5.69 Å². The van der Waals surface area contributed by atoms with Gasteiger partial charge in [-0.25, -0.2) is 4.79 Å². The van der Waals surface area contributed by atoms with E-state index < -0.39 is 5.97 Å². The van der Waals surface area contributed by atoms with Gasteiger partial charge in [0.2, 0.25) is 0 Å². The number of hydrogen-bond acceptors (Lipinski definition) is 6. The number of phenols is 1. The summed E-state index contributed by atoms with van der Waals surface area (Å²) in [6, 6.07) is 1.54. The molecule has 0 aliphatic heterocycles. The maximum absolute atomic E-state index is 11.3. The van der Waals surface area contributed by atoms with Crippen LogP contribution in [0.25, 0.3) is 6.08 Å². The molecule has 0 unspecified atom stereocenters. The molecule has 1 aromatic rings. The number of anilines is 1. The van der Waals surface area contributed by atoms with Gasteiger partial charge in [0.25, 0.3) is 0 Å². The van der Waals surface area contributed by atoms with Crippen LogP contribution in [0.2, 0.25) is 0 Å². The van der Waals surface area contributed by atoms with E-state index >= 15 is 0 Å². The third-order valence-electron chi connectivity index (χ3n) is 2.38. The minimum Gasteiger partial charge on any atom is -0.504 e. The second kappa shape index (κ2) is 6.94. The van der Waals surface area contributed by atoms with Gasteiger partial charge in [-0.15, -0.1) is 11.8 Å². The molecule has 0 saturated heterocycles. The van der Waals surface area contributed by atoms with Crippen LogP contribution in [0.3, 0.4) is 0 Å². The second-order valence-electron chi connectivity index (χ2n) is 3.55. The highest BCUT2D eigenvalue weighted by Gasteiger charge is 2.14. The Hall–Kier alpha value is -1.82. The van der Waals surface area contributed by atoms with Crippen LogP contribution >= 0.6 is 11.8 Å². The molecule has 19 heavy (non-hydrogen) atoms. The van der Waals surface area contributed by atoms with Gasteiger partial charge in [0.15, 0.2) is 11.5 Å². The molecular weight excluding hydrogens is 266 g/mol. The molecule has 0 heterocycles. The van der Waals surface area contributed by atoms with Crippen molar-refractivity contribution in [1.82, 2.24) is 0 Å². The smallest absolute Gasteiger partial charge is 0.330 e. The number of carbonyl (C=O) groups is 1. The lowest BCUT2D eigenvalue weighted by Crippen LogP contribution is -1.99. The lowest BCUT2D eigenvalue weighted by atomic mass is 10.1. The third-order valence-corrected chi connectivity index (χ3v) is 3.24. The number of benzene rings is 1. The number of thioether (sulfide) groups is 1. The number of methoxy groups -OCH3 is 1. The van der Waals surface area contributed by atoms with E-state index in [2.05, 4.69) is 0 Å². The molecule has 104 valence electrons. The van der Waals surface area contributed by atoms with Gasteiger partial charge in [0, 0.05) is 28.3 Å². The largest absolute Gasteiger partial charge is 0.504 e. The predicted octanol–water partition coefficient (Wildman–Crippen LogP) is 2.28. The van der Waals surface area contributed by atoms with Crippen LogP contribution in [-0.4, -0.2) is 31.0 Å². The van der Waals surface area contributed by atoms with Gasteiger partial charge in [0.05, 0.1) is 13.7 Å². The Morgan fingerprint density at radius 1 is 1.58 bits per heavy atom. The Kier molecular flexibility index (Phi) is 5.57. The molecule has 0 amide bonds. The highest BCUT2D eigenvalue weighted by Crippen LogP contribution is 2.41. The van der Waals surface area contributed by atoms with Crippen molar-refractivity contribution < 1.29 is 19.4 Å². The normalized spacial score (nSPS) is 10.7. The minimum absolute atomic E-state index is 0.0541. The Labute approximate surface area is 116 Å². The van der Waals surface area contributed by atoms with E-state index in [0.717, 1.165) is 0 Å². The van der Waals surface area contributed by atoms with Crippen LogP contribution in [0, 0.1) is 0 Å². The van der Waals surface area contributed by atoms with Crippen LogP contribution < -0.4 is 10.5 Å². The SMILES string of the molecule is CCOC(=O)C=Cc1c(O)c(OC)cc(N)c1SC. The van der Waals surface area contributed by atoms with Gasteiger partial charge in [-0.2, -0.15) is 0 Å². The summed E-state index contributed by atoms with van der Waals surface area (Å²) >= 11 is 1.38. The first kappa shape index (κ1) is 15.2. The molecular formula is C13H17NO4S. The molecule has 0 fully saturated rings. The molecule has 0 spiro atoms. The van der Waals surface area contributed by atoms with Crippen LogP contribution in [-0.2, 0) is 9.53 Å². The lowest BCUT2D eigenvalue weighted by molar-refractivity contribution is -0.137. The molecule has 0 bridgehead atoms. The van der Waals surface area contributed by atoms with Gasteiger partial charge in [-0.05, 0) is 19.3 Å². The van der Waals surface area contributed by atoms with E-state index in [9.17, 15) is 9.90 Å². The Morgan fingerprint density at radius 3 is 2.79 bits per heavy atom. The number of hydrogen-bond donors (Lipinski definition) is 2. The fraction of sp³-hybridized carbons (Fsp3) is 0.308. The number of ether oxygens (including phenoxy) is 2. The minimum atomic E-state index is -0.477. The summed E-state index contributed by atoms with van der Waals surface area (Å²) in [7, 11) is 1.44. The first-order valence-electron chi connectivity index (χ1n) is 5.63. The monoisotopic (exact) mass is 283 g/mol. The van der Waals surface area contributed by atoms with E-state index in [4.69, 9.17) is 15.2 Å². The summed E-state index contributed by atoms with van der Waals surface area (Å²) in [6.45, 7) is 2.02. The summed E-state index contributed by atoms with van der Waals surface area (Å²) < 4.78 is 9.82. The molecule has 5 nitrogen and oxygen atoms in total. The number of carbonyl (C=O) groups excluding carboxylic acids is 1. The fourth-order valence-corrected chi connectivity index (χ4v) is 2.23. The topological polar surface area (TPSA) is 81.8 Å². The van der Waals surface area contributed by atoms with Crippen LogP contribution in [0.15, 0.2) is 17.0 Å². The summed E-state index contributed by atoms with van der Waals surface area (Å²) in [5.74, 6) is -0.268. The van der Waals surface area contributed by atoms with Crippen molar-refractivity contribution in [2.45, 2.75) is 11.8 Å². The molecule has 0 aliphatic rings. The van der Waals surface area contributed by atoms with Crippen molar-refractivity contribution in [2.75, 3.05) is 25.7 Å². The Morgan fingerprint density at radius 2 is 2.26 bits per heavy atom. The highest BCUT2D eigenvalue weighted by molar-refractivity contribution is 7.98. The van der Waals surface area contributed by atoms with Gasteiger partial charge in [-0.3, -0.25) is 0 Å².